The predicted molar refractivity (Wildman–Crippen MR) is 87.8 cm³/mol. The van der Waals surface area contributed by atoms with Crippen LogP contribution < -0.4 is 10.0 Å². The summed E-state index contributed by atoms with van der Waals surface area (Å²) in [5.41, 5.74) is 0.363. The molecule has 0 unspecified atom stereocenters. The summed E-state index contributed by atoms with van der Waals surface area (Å²) in [4.78, 5) is 0.238. The zero-order valence-electron chi connectivity index (χ0n) is 12.9. The third kappa shape index (κ3) is 5.67. The fraction of sp³-hybridized carbons (Fsp3) is 0.571. The minimum Gasteiger partial charge on any atom is -0.375 e. The summed E-state index contributed by atoms with van der Waals surface area (Å²) in [5.74, 6) is 0. The van der Waals surface area contributed by atoms with Crippen LogP contribution in [-0.4, -0.2) is 34.2 Å². The van der Waals surface area contributed by atoms with Crippen molar-refractivity contribution in [1.82, 2.24) is 10.0 Å². The average molecular weight is 379 g/mol. The van der Waals surface area contributed by atoms with Gasteiger partial charge < -0.3 is 10.1 Å². The molecule has 120 valence electrons. The summed E-state index contributed by atoms with van der Waals surface area (Å²) in [5, 5.41) is 3.00. The summed E-state index contributed by atoms with van der Waals surface area (Å²) < 4.78 is 33.5. The van der Waals surface area contributed by atoms with Crippen molar-refractivity contribution in [3.8, 4) is 0 Å². The standard InChI is InChI=1S/C14H23BrN2O3S/c1-5-20-14(2,3)10-17-21(18,19)13-8-11(9-16-4)6-7-12(13)15/h6-8,16-17H,5,9-10H2,1-4H3. The van der Waals surface area contributed by atoms with Gasteiger partial charge in [0.2, 0.25) is 10.0 Å². The first kappa shape index (κ1) is 18.6. The number of rotatable bonds is 8. The highest BCUT2D eigenvalue weighted by Gasteiger charge is 2.24. The van der Waals surface area contributed by atoms with Gasteiger partial charge >= 0.3 is 0 Å². The first-order valence-corrected chi connectivity index (χ1v) is 9.06. The van der Waals surface area contributed by atoms with Gasteiger partial charge in [0.1, 0.15) is 0 Å². The number of nitrogens with one attached hydrogen (secondary N) is 2. The largest absolute Gasteiger partial charge is 0.375 e. The highest BCUT2D eigenvalue weighted by Crippen LogP contribution is 2.23. The Labute approximate surface area is 135 Å². The van der Waals surface area contributed by atoms with E-state index >= 15 is 0 Å². The second-order valence-corrected chi connectivity index (χ2v) is 7.90. The molecule has 0 spiro atoms. The number of hydrogen-bond donors (Lipinski definition) is 2. The maximum Gasteiger partial charge on any atom is 0.241 e. The fourth-order valence-electron chi connectivity index (χ4n) is 1.86. The van der Waals surface area contributed by atoms with Crippen molar-refractivity contribution in [3.63, 3.8) is 0 Å². The number of hydrogen-bond acceptors (Lipinski definition) is 4. The second kappa shape index (κ2) is 7.69. The summed E-state index contributed by atoms with van der Waals surface area (Å²) in [6.07, 6.45) is 0. The van der Waals surface area contributed by atoms with E-state index in [4.69, 9.17) is 4.74 Å². The summed E-state index contributed by atoms with van der Waals surface area (Å²) >= 11 is 3.30. The SMILES string of the molecule is CCOC(C)(C)CNS(=O)(=O)c1cc(CNC)ccc1Br. The monoisotopic (exact) mass is 378 g/mol. The van der Waals surface area contributed by atoms with Gasteiger partial charge in [0.25, 0.3) is 0 Å². The maximum atomic E-state index is 12.4. The quantitative estimate of drug-likeness (QED) is 0.727. The van der Waals surface area contributed by atoms with E-state index < -0.39 is 15.6 Å². The third-order valence-corrected chi connectivity index (χ3v) is 5.28. The molecule has 2 N–H and O–H groups in total. The van der Waals surface area contributed by atoms with Gasteiger partial charge in [-0.15, -0.1) is 0 Å². The Hall–Kier alpha value is -0.470. The van der Waals surface area contributed by atoms with E-state index in [0.29, 0.717) is 17.6 Å². The number of benzene rings is 1. The summed E-state index contributed by atoms with van der Waals surface area (Å²) in [6.45, 7) is 6.95. The third-order valence-electron chi connectivity index (χ3n) is 2.89. The average Bonchev–Trinajstić information content (AvgIpc) is 2.39. The lowest BCUT2D eigenvalue weighted by atomic mass is 10.1. The molecule has 5 nitrogen and oxygen atoms in total. The minimum atomic E-state index is -3.59. The second-order valence-electron chi connectivity index (χ2n) is 5.31. The van der Waals surface area contributed by atoms with Crippen molar-refractivity contribution in [2.24, 2.45) is 0 Å². The molecule has 0 saturated carbocycles. The fourth-order valence-corrected chi connectivity index (χ4v) is 4.07. The zero-order valence-corrected chi connectivity index (χ0v) is 15.3. The van der Waals surface area contributed by atoms with E-state index in [1.165, 1.54) is 0 Å². The van der Waals surface area contributed by atoms with Crippen LogP contribution in [0.3, 0.4) is 0 Å². The van der Waals surface area contributed by atoms with E-state index in [9.17, 15) is 8.42 Å². The van der Waals surface area contributed by atoms with Crippen molar-refractivity contribution in [3.05, 3.63) is 28.2 Å². The number of ether oxygens (including phenoxy) is 1. The molecule has 0 radical (unpaired) electrons. The van der Waals surface area contributed by atoms with E-state index in [-0.39, 0.29) is 11.4 Å². The summed E-state index contributed by atoms with van der Waals surface area (Å²) in [6, 6.07) is 5.29. The molecule has 0 atom stereocenters. The van der Waals surface area contributed by atoms with E-state index in [0.717, 1.165) is 5.56 Å². The predicted octanol–water partition coefficient (Wildman–Crippen LogP) is 2.26. The molecule has 0 aliphatic rings. The minimum absolute atomic E-state index is 0.214. The molecule has 0 heterocycles. The molecule has 1 aromatic carbocycles. The van der Waals surface area contributed by atoms with Gasteiger partial charge in [0, 0.05) is 24.2 Å². The normalized spacial score (nSPS) is 12.6. The van der Waals surface area contributed by atoms with Crippen molar-refractivity contribution in [1.29, 1.82) is 0 Å². The van der Waals surface area contributed by atoms with E-state index in [1.54, 1.807) is 12.1 Å². The maximum absolute atomic E-state index is 12.4. The van der Waals surface area contributed by atoms with Gasteiger partial charge in [-0.3, -0.25) is 0 Å². The van der Waals surface area contributed by atoms with Crippen LogP contribution in [0.1, 0.15) is 26.3 Å². The van der Waals surface area contributed by atoms with Crippen LogP contribution in [-0.2, 0) is 21.3 Å². The van der Waals surface area contributed by atoms with Crippen molar-refractivity contribution in [2.75, 3.05) is 20.2 Å². The number of halogens is 1. The topological polar surface area (TPSA) is 67.4 Å². The first-order valence-electron chi connectivity index (χ1n) is 6.78. The first-order chi connectivity index (χ1) is 9.72. The molecule has 0 fully saturated rings. The Morgan fingerprint density at radius 3 is 2.57 bits per heavy atom. The van der Waals surface area contributed by atoms with Crippen LogP contribution in [0.5, 0.6) is 0 Å². The molecular formula is C14H23BrN2O3S. The van der Waals surface area contributed by atoms with Crippen molar-refractivity contribution in [2.45, 2.75) is 37.8 Å². The van der Waals surface area contributed by atoms with Gasteiger partial charge in [-0.1, -0.05) is 6.07 Å². The lowest BCUT2D eigenvalue weighted by Gasteiger charge is -2.25. The van der Waals surface area contributed by atoms with Crippen LogP contribution >= 0.6 is 15.9 Å². The van der Waals surface area contributed by atoms with Crippen LogP contribution in [0.15, 0.2) is 27.6 Å². The Kier molecular flexibility index (Phi) is 6.80. The zero-order chi connectivity index (χ0) is 16.1. The molecule has 1 rings (SSSR count). The molecular weight excluding hydrogens is 356 g/mol. The van der Waals surface area contributed by atoms with Crippen LogP contribution in [0, 0.1) is 0 Å². The molecule has 1 aromatic rings. The molecule has 0 saturated heterocycles. The Morgan fingerprint density at radius 2 is 2.00 bits per heavy atom. The van der Waals surface area contributed by atoms with Gasteiger partial charge in [-0.05, 0) is 61.4 Å². The van der Waals surface area contributed by atoms with Crippen molar-refractivity contribution < 1.29 is 13.2 Å². The molecule has 0 aliphatic heterocycles. The van der Waals surface area contributed by atoms with Crippen LogP contribution in [0.25, 0.3) is 0 Å². The highest BCUT2D eigenvalue weighted by molar-refractivity contribution is 9.10. The molecule has 21 heavy (non-hydrogen) atoms. The van der Waals surface area contributed by atoms with Gasteiger partial charge in [0.05, 0.1) is 10.5 Å². The smallest absolute Gasteiger partial charge is 0.241 e. The molecule has 0 bridgehead atoms. The lowest BCUT2D eigenvalue weighted by molar-refractivity contribution is -0.00515. The van der Waals surface area contributed by atoms with Crippen LogP contribution in [0.2, 0.25) is 0 Å². The lowest BCUT2D eigenvalue weighted by Crippen LogP contribution is -2.40. The highest BCUT2D eigenvalue weighted by atomic mass is 79.9. The van der Waals surface area contributed by atoms with E-state index in [2.05, 4.69) is 26.0 Å². The van der Waals surface area contributed by atoms with E-state index in [1.807, 2.05) is 33.9 Å². The molecule has 0 aromatic heterocycles. The molecule has 0 aliphatic carbocycles. The Morgan fingerprint density at radius 1 is 1.33 bits per heavy atom. The summed E-state index contributed by atoms with van der Waals surface area (Å²) in [7, 11) is -1.77. The van der Waals surface area contributed by atoms with Crippen molar-refractivity contribution >= 4 is 26.0 Å². The van der Waals surface area contributed by atoms with Gasteiger partial charge in [0.15, 0.2) is 0 Å². The van der Waals surface area contributed by atoms with Gasteiger partial charge in [-0.2, -0.15) is 0 Å². The number of sulfonamides is 1. The Bertz CT molecular complexity index is 574. The van der Waals surface area contributed by atoms with Crippen LogP contribution in [0.4, 0.5) is 0 Å². The molecule has 0 amide bonds. The molecule has 7 heteroatoms. The Balaban J connectivity index is 2.94. The van der Waals surface area contributed by atoms with Gasteiger partial charge in [-0.25, -0.2) is 13.1 Å².